The van der Waals surface area contributed by atoms with Gasteiger partial charge in [-0.05, 0) is 55.0 Å². The van der Waals surface area contributed by atoms with Crippen molar-refractivity contribution in [2.75, 3.05) is 0 Å². The van der Waals surface area contributed by atoms with Crippen LogP contribution in [0.5, 0.6) is 5.75 Å². The predicted octanol–water partition coefficient (Wildman–Crippen LogP) is 4.45. The van der Waals surface area contributed by atoms with E-state index < -0.39 is 0 Å². The smallest absolute Gasteiger partial charge is 0.119 e. The summed E-state index contributed by atoms with van der Waals surface area (Å²) in [5.74, 6) is 0.352. The molecular weight excluding hydrogens is 244 g/mol. The van der Waals surface area contributed by atoms with Gasteiger partial charge in [-0.25, -0.2) is 0 Å². The third kappa shape index (κ3) is 2.68. The fourth-order valence-corrected chi connectivity index (χ4v) is 2.37. The van der Waals surface area contributed by atoms with E-state index in [1.807, 2.05) is 32.0 Å². The molecule has 0 radical (unpaired) electrons. The van der Waals surface area contributed by atoms with Crippen LogP contribution < -0.4 is 0 Å². The molecule has 18 heavy (non-hydrogen) atoms. The first kappa shape index (κ1) is 13.0. The normalized spacial score (nSPS) is 10.6. The van der Waals surface area contributed by atoms with Crippen LogP contribution in [0.3, 0.4) is 0 Å². The average molecular weight is 261 g/mol. The maximum absolute atomic E-state index is 10.0. The minimum atomic E-state index is 0.352. The van der Waals surface area contributed by atoms with E-state index in [-0.39, 0.29) is 0 Å². The lowest BCUT2D eigenvalue weighted by Crippen LogP contribution is -1.97. The third-order valence-corrected chi connectivity index (χ3v) is 3.88. The van der Waals surface area contributed by atoms with E-state index in [1.165, 1.54) is 5.56 Å². The summed E-state index contributed by atoms with van der Waals surface area (Å²) >= 11 is 6.23. The molecule has 0 aliphatic heterocycles. The van der Waals surface area contributed by atoms with Crippen molar-refractivity contribution in [2.45, 2.75) is 26.7 Å². The fraction of sp³-hybridized carbons (Fsp3) is 0.250. The molecule has 0 spiro atoms. The number of halogens is 1. The van der Waals surface area contributed by atoms with Gasteiger partial charge >= 0.3 is 0 Å². The highest BCUT2D eigenvalue weighted by molar-refractivity contribution is 6.32. The Balaban J connectivity index is 2.22. The van der Waals surface area contributed by atoms with Crippen LogP contribution in [0.1, 0.15) is 22.3 Å². The molecule has 2 aromatic carbocycles. The van der Waals surface area contributed by atoms with Crippen LogP contribution in [-0.2, 0) is 12.8 Å². The van der Waals surface area contributed by atoms with E-state index in [0.717, 1.165) is 34.6 Å². The Labute approximate surface area is 113 Å². The van der Waals surface area contributed by atoms with E-state index in [1.54, 1.807) is 6.07 Å². The van der Waals surface area contributed by atoms with Crippen molar-refractivity contribution in [3.8, 4) is 5.75 Å². The topological polar surface area (TPSA) is 20.2 Å². The van der Waals surface area contributed by atoms with E-state index in [2.05, 4.69) is 12.1 Å². The number of phenols is 1. The molecule has 0 aliphatic rings. The minimum Gasteiger partial charge on any atom is -0.508 e. The van der Waals surface area contributed by atoms with Crippen LogP contribution in [0, 0.1) is 13.8 Å². The molecule has 0 saturated carbocycles. The van der Waals surface area contributed by atoms with Crippen LogP contribution in [0.25, 0.3) is 0 Å². The highest BCUT2D eigenvalue weighted by Crippen LogP contribution is 2.31. The zero-order valence-electron chi connectivity index (χ0n) is 10.7. The third-order valence-electron chi connectivity index (χ3n) is 3.30. The Morgan fingerprint density at radius 3 is 2.39 bits per heavy atom. The maximum atomic E-state index is 10.0. The number of aromatic hydroxyl groups is 1. The molecule has 0 fully saturated rings. The molecule has 2 heteroatoms. The van der Waals surface area contributed by atoms with Crippen LogP contribution >= 0.6 is 11.6 Å². The standard InChI is InChI=1S/C16H17ClO/c1-11-10-15(18)14(12(2)16(11)17)9-8-13-6-4-3-5-7-13/h3-7,10,18H,8-9H2,1-2H3. The number of hydrogen-bond acceptors (Lipinski definition) is 1. The van der Waals surface area contributed by atoms with Crippen molar-refractivity contribution in [2.24, 2.45) is 0 Å². The molecule has 94 valence electrons. The molecule has 0 aromatic heterocycles. The molecule has 0 heterocycles. The first-order chi connectivity index (χ1) is 8.59. The Bertz CT molecular complexity index is 547. The molecule has 0 aliphatic carbocycles. The molecular formula is C16H17ClO. The van der Waals surface area contributed by atoms with Gasteiger partial charge in [0, 0.05) is 5.02 Å². The lowest BCUT2D eigenvalue weighted by molar-refractivity contribution is 0.467. The monoisotopic (exact) mass is 260 g/mol. The highest BCUT2D eigenvalue weighted by atomic mass is 35.5. The molecule has 1 nitrogen and oxygen atoms in total. The molecule has 0 amide bonds. The van der Waals surface area contributed by atoms with Gasteiger partial charge in [-0.1, -0.05) is 41.9 Å². The number of aryl methyl sites for hydroxylation is 2. The van der Waals surface area contributed by atoms with Crippen LogP contribution in [0.15, 0.2) is 36.4 Å². The molecule has 0 unspecified atom stereocenters. The molecule has 1 N–H and O–H groups in total. The molecule has 0 saturated heterocycles. The molecule has 0 bridgehead atoms. The molecule has 2 aromatic rings. The van der Waals surface area contributed by atoms with Crippen LogP contribution in [0.4, 0.5) is 0 Å². The number of phenolic OH excluding ortho intramolecular Hbond substituents is 1. The summed E-state index contributed by atoms with van der Waals surface area (Å²) in [5, 5.41) is 10.8. The van der Waals surface area contributed by atoms with Crippen molar-refractivity contribution in [3.63, 3.8) is 0 Å². The first-order valence-electron chi connectivity index (χ1n) is 6.11. The number of rotatable bonds is 3. The van der Waals surface area contributed by atoms with Crippen LogP contribution in [-0.4, -0.2) is 5.11 Å². The zero-order valence-corrected chi connectivity index (χ0v) is 11.5. The summed E-state index contributed by atoms with van der Waals surface area (Å²) in [7, 11) is 0. The molecule has 2 rings (SSSR count). The second kappa shape index (κ2) is 5.45. The first-order valence-corrected chi connectivity index (χ1v) is 6.49. The van der Waals surface area contributed by atoms with Gasteiger partial charge in [-0.2, -0.15) is 0 Å². The fourth-order valence-electron chi connectivity index (χ4n) is 2.21. The van der Waals surface area contributed by atoms with Gasteiger partial charge in [0.1, 0.15) is 5.75 Å². The van der Waals surface area contributed by atoms with Gasteiger partial charge in [0.15, 0.2) is 0 Å². The Hall–Kier alpha value is -1.47. The summed E-state index contributed by atoms with van der Waals surface area (Å²) in [6.45, 7) is 3.88. The van der Waals surface area contributed by atoms with Gasteiger partial charge in [-0.3, -0.25) is 0 Å². The Morgan fingerprint density at radius 2 is 1.72 bits per heavy atom. The van der Waals surface area contributed by atoms with Crippen molar-refractivity contribution < 1.29 is 5.11 Å². The van der Waals surface area contributed by atoms with E-state index >= 15 is 0 Å². The number of benzene rings is 2. The predicted molar refractivity (Wildman–Crippen MR) is 76.4 cm³/mol. The Kier molecular flexibility index (Phi) is 3.93. The van der Waals surface area contributed by atoms with Gasteiger partial charge in [0.2, 0.25) is 0 Å². The van der Waals surface area contributed by atoms with Gasteiger partial charge < -0.3 is 5.11 Å². The van der Waals surface area contributed by atoms with Crippen molar-refractivity contribution in [1.29, 1.82) is 0 Å². The van der Waals surface area contributed by atoms with Gasteiger partial charge in [0.05, 0.1) is 0 Å². The van der Waals surface area contributed by atoms with Gasteiger partial charge in [-0.15, -0.1) is 0 Å². The average Bonchev–Trinajstić information content (AvgIpc) is 2.37. The summed E-state index contributed by atoms with van der Waals surface area (Å²) in [6.07, 6.45) is 1.72. The number of hydrogen-bond donors (Lipinski definition) is 1. The highest BCUT2D eigenvalue weighted by Gasteiger charge is 2.11. The summed E-state index contributed by atoms with van der Waals surface area (Å²) in [5.41, 5.74) is 4.14. The zero-order chi connectivity index (χ0) is 13.1. The minimum absolute atomic E-state index is 0.352. The second-order valence-corrected chi connectivity index (χ2v) is 4.99. The van der Waals surface area contributed by atoms with E-state index in [9.17, 15) is 5.11 Å². The Morgan fingerprint density at radius 1 is 1.06 bits per heavy atom. The lowest BCUT2D eigenvalue weighted by Gasteiger charge is -2.12. The lowest BCUT2D eigenvalue weighted by atomic mass is 9.98. The quantitative estimate of drug-likeness (QED) is 0.865. The SMILES string of the molecule is Cc1cc(O)c(CCc2ccccc2)c(C)c1Cl. The van der Waals surface area contributed by atoms with E-state index in [4.69, 9.17) is 11.6 Å². The largest absolute Gasteiger partial charge is 0.508 e. The van der Waals surface area contributed by atoms with Crippen molar-refractivity contribution in [1.82, 2.24) is 0 Å². The maximum Gasteiger partial charge on any atom is 0.119 e. The molecule has 0 atom stereocenters. The van der Waals surface area contributed by atoms with E-state index in [0.29, 0.717) is 5.75 Å². The van der Waals surface area contributed by atoms with Gasteiger partial charge in [0.25, 0.3) is 0 Å². The van der Waals surface area contributed by atoms with Crippen molar-refractivity contribution >= 4 is 11.6 Å². The summed E-state index contributed by atoms with van der Waals surface area (Å²) in [4.78, 5) is 0. The summed E-state index contributed by atoms with van der Waals surface area (Å²) < 4.78 is 0. The second-order valence-electron chi connectivity index (χ2n) is 4.62. The van der Waals surface area contributed by atoms with Crippen LogP contribution in [0.2, 0.25) is 5.02 Å². The van der Waals surface area contributed by atoms with Crippen molar-refractivity contribution in [3.05, 3.63) is 63.7 Å². The summed E-state index contributed by atoms with van der Waals surface area (Å²) in [6, 6.07) is 12.0.